The van der Waals surface area contributed by atoms with Crippen molar-refractivity contribution in [2.24, 2.45) is 0 Å². The number of amides is 2. The smallest absolute Gasteiger partial charge is 0.255 e. The maximum atomic E-state index is 12.9. The first-order valence-corrected chi connectivity index (χ1v) is 12.3. The van der Waals surface area contributed by atoms with Crippen LogP contribution in [0.4, 0.5) is 10.8 Å². The molecule has 2 amide bonds. The average molecular weight is 480 g/mol. The first-order chi connectivity index (χ1) is 16.9. The fourth-order valence-electron chi connectivity index (χ4n) is 4.47. The summed E-state index contributed by atoms with van der Waals surface area (Å²) in [5, 5.41) is 8.67. The van der Waals surface area contributed by atoms with E-state index in [1.807, 2.05) is 75.4 Å². The van der Waals surface area contributed by atoms with Gasteiger partial charge in [0.1, 0.15) is 0 Å². The highest BCUT2D eigenvalue weighted by molar-refractivity contribution is 7.22. The van der Waals surface area contributed by atoms with Gasteiger partial charge in [0, 0.05) is 11.3 Å². The van der Waals surface area contributed by atoms with E-state index in [-0.39, 0.29) is 18.2 Å². The van der Waals surface area contributed by atoms with E-state index in [2.05, 4.69) is 27.8 Å². The number of carbonyl (C=O) groups is 2. The number of nitrogens with one attached hydrogen (secondary N) is 2. The van der Waals surface area contributed by atoms with E-state index in [9.17, 15) is 9.59 Å². The zero-order valence-electron chi connectivity index (χ0n) is 19.8. The van der Waals surface area contributed by atoms with Gasteiger partial charge in [-0.05, 0) is 66.4 Å². The SMILES string of the molecule is Cc1cc(C)c(NC(=O)c2ccc3nc(NC(=O)Cc4cccc5ccccc45)sc3c2)c(C)c1. The van der Waals surface area contributed by atoms with Gasteiger partial charge in [-0.25, -0.2) is 4.98 Å². The van der Waals surface area contributed by atoms with E-state index >= 15 is 0 Å². The van der Waals surface area contributed by atoms with E-state index in [0.717, 1.165) is 43.4 Å². The molecule has 0 aliphatic rings. The Morgan fingerprint density at radius 1 is 0.857 bits per heavy atom. The van der Waals surface area contributed by atoms with Crippen LogP contribution >= 0.6 is 11.3 Å². The molecule has 0 aliphatic carbocycles. The number of hydrogen-bond donors (Lipinski definition) is 2. The van der Waals surface area contributed by atoms with Crippen molar-refractivity contribution in [3.63, 3.8) is 0 Å². The van der Waals surface area contributed by atoms with Gasteiger partial charge in [0.2, 0.25) is 5.91 Å². The standard InChI is InChI=1S/C29H25N3O2S/c1-17-13-18(2)27(19(3)14-17)32-28(34)22-11-12-24-25(15-22)35-29(30-24)31-26(33)16-21-9-6-8-20-7-4-5-10-23(20)21/h4-15H,16H2,1-3H3,(H,32,34)(H,30,31,33). The average Bonchev–Trinajstić information content (AvgIpc) is 3.22. The van der Waals surface area contributed by atoms with E-state index in [0.29, 0.717) is 10.7 Å². The quantitative estimate of drug-likeness (QED) is 0.291. The molecular formula is C29H25N3O2S. The molecule has 4 aromatic carbocycles. The molecule has 1 heterocycles. The second kappa shape index (κ2) is 9.31. The minimum atomic E-state index is -0.170. The monoisotopic (exact) mass is 479 g/mol. The van der Waals surface area contributed by atoms with Gasteiger partial charge in [-0.2, -0.15) is 0 Å². The number of carbonyl (C=O) groups excluding carboxylic acids is 2. The van der Waals surface area contributed by atoms with Crippen LogP contribution in [-0.2, 0) is 11.2 Å². The molecule has 174 valence electrons. The summed E-state index contributed by atoms with van der Waals surface area (Å²) in [6.45, 7) is 6.03. The number of fused-ring (bicyclic) bond motifs is 2. The lowest BCUT2D eigenvalue weighted by Crippen LogP contribution is -2.14. The van der Waals surface area contributed by atoms with Gasteiger partial charge < -0.3 is 10.6 Å². The molecule has 0 bridgehead atoms. The van der Waals surface area contributed by atoms with Gasteiger partial charge in [-0.1, -0.05) is 71.5 Å². The van der Waals surface area contributed by atoms with E-state index in [1.165, 1.54) is 16.9 Å². The molecule has 5 aromatic rings. The Hall–Kier alpha value is -4.03. The van der Waals surface area contributed by atoms with Crippen molar-refractivity contribution < 1.29 is 9.59 Å². The van der Waals surface area contributed by atoms with Gasteiger partial charge in [-0.15, -0.1) is 0 Å². The normalized spacial score (nSPS) is 11.1. The summed E-state index contributed by atoms with van der Waals surface area (Å²) in [5.74, 6) is -0.291. The van der Waals surface area contributed by atoms with E-state index in [4.69, 9.17) is 0 Å². The third-order valence-electron chi connectivity index (χ3n) is 6.04. The highest BCUT2D eigenvalue weighted by atomic mass is 32.1. The van der Waals surface area contributed by atoms with Crippen LogP contribution in [0.25, 0.3) is 21.0 Å². The lowest BCUT2D eigenvalue weighted by molar-refractivity contribution is -0.115. The van der Waals surface area contributed by atoms with Crippen LogP contribution in [0.1, 0.15) is 32.6 Å². The number of nitrogens with zero attached hydrogens (tertiary/aromatic N) is 1. The van der Waals surface area contributed by atoms with Crippen molar-refractivity contribution in [1.82, 2.24) is 4.98 Å². The number of aryl methyl sites for hydroxylation is 3. The predicted molar refractivity (Wildman–Crippen MR) is 145 cm³/mol. The summed E-state index contributed by atoms with van der Waals surface area (Å²) in [7, 11) is 0. The van der Waals surface area contributed by atoms with Gasteiger partial charge in [0.05, 0.1) is 16.6 Å². The summed E-state index contributed by atoms with van der Waals surface area (Å²) in [6, 6.07) is 23.5. The fourth-order valence-corrected chi connectivity index (χ4v) is 5.39. The van der Waals surface area contributed by atoms with Crippen molar-refractivity contribution in [2.75, 3.05) is 10.6 Å². The third kappa shape index (κ3) is 4.79. The van der Waals surface area contributed by atoms with Gasteiger partial charge in [0.15, 0.2) is 5.13 Å². The lowest BCUT2D eigenvalue weighted by Gasteiger charge is -2.12. The molecule has 0 fully saturated rings. The number of thiazole rings is 1. The highest BCUT2D eigenvalue weighted by Gasteiger charge is 2.14. The summed E-state index contributed by atoms with van der Waals surface area (Å²) < 4.78 is 0.843. The molecule has 0 saturated carbocycles. The van der Waals surface area contributed by atoms with Crippen LogP contribution in [0.2, 0.25) is 0 Å². The predicted octanol–water partition coefficient (Wildman–Crippen LogP) is 6.81. The maximum Gasteiger partial charge on any atom is 0.255 e. The van der Waals surface area contributed by atoms with E-state index < -0.39 is 0 Å². The number of hydrogen-bond acceptors (Lipinski definition) is 4. The molecule has 1 aromatic heterocycles. The molecule has 0 atom stereocenters. The zero-order valence-corrected chi connectivity index (χ0v) is 20.6. The van der Waals surface area contributed by atoms with Crippen molar-refractivity contribution in [1.29, 1.82) is 0 Å². The second-order valence-corrected chi connectivity index (χ2v) is 9.82. The summed E-state index contributed by atoms with van der Waals surface area (Å²) >= 11 is 1.36. The number of benzene rings is 4. The highest BCUT2D eigenvalue weighted by Crippen LogP contribution is 2.28. The molecular weight excluding hydrogens is 454 g/mol. The lowest BCUT2D eigenvalue weighted by atomic mass is 10.0. The minimum Gasteiger partial charge on any atom is -0.322 e. The molecule has 0 aliphatic heterocycles. The third-order valence-corrected chi connectivity index (χ3v) is 6.98. The Kier molecular flexibility index (Phi) is 6.05. The minimum absolute atomic E-state index is 0.122. The van der Waals surface area contributed by atoms with Crippen LogP contribution in [0.15, 0.2) is 72.8 Å². The Morgan fingerprint density at radius 3 is 2.40 bits per heavy atom. The molecule has 0 spiro atoms. The number of aromatic nitrogens is 1. The largest absolute Gasteiger partial charge is 0.322 e. The Morgan fingerprint density at radius 2 is 1.60 bits per heavy atom. The van der Waals surface area contributed by atoms with Crippen LogP contribution in [0.3, 0.4) is 0 Å². The molecule has 5 rings (SSSR count). The van der Waals surface area contributed by atoms with Crippen LogP contribution in [-0.4, -0.2) is 16.8 Å². The zero-order chi connectivity index (χ0) is 24.5. The van der Waals surface area contributed by atoms with Crippen LogP contribution < -0.4 is 10.6 Å². The Bertz CT molecular complexity index is 1570. The van der Waals surface area contributed by atoms with Crippen molar-refractivity contribution in [2.45, 2.75) is 27.2 Å². The summed E-state index contributed by atoms with van der Waals surface area (Å²) in [4.78, 5) is 30.2. The molecule has 6 heteroatoms. The molecule has 0 unspecified atom stereocenters. The maximum absolute atomic E-state index is 12.9. The first-order valence-electron chi connectivity index (χ1n) is 11.4. The summed E-state index contributed by atoms with van der Waals surface area (Å²) in [5.41, 5.74) is 6.34. The van der Waals surface area contributed by atoms with Crippen LogP contribution in [0, 0.1) is 20.8 Å². The molecule has 5 nitrogen and oxygen atoms in total. The van der Waals surface area contributed by atoms with Crippen LogP contribution in [0.5, 0.6) is 0 Å². The topological polar surface area (TPSA) is 71.1 Å². The first kappa shape index (κ1) is 22.7. The Labute approximate surface area is 207 Å². The molecule has 0 saturated heterocycles. The fraction of sp³-hybridized carbons (Fsp3) is 0.138. The van der Waals surface area contributed by atoms with Crippen molar-refractivity contribution >= 4 is 55.0 Å². The van der Waals surface area contributed by atoms with Crippen molar-refractivity contribution in [3.8, 4) is 0 Å². The van der Waals surface area contributed by atoms with Gasteiger partial charge >= 0.3 is 0 Å². The van der Waals surface area contributed by atoms with Gasteiger partial charge in [0.25, 0.3) is 5.91 Å². The van der Waals surface area contributed by atoms with Gasteiger partial charge in [-0.3, -0.25) is 9.59 Å². The molecule has 35 heavy (non-hydrogen) atoms. The number of rotatable bonds is 5. The molecule has 2 N–H and O–H groups in total. The number of anilines is 2. The Balaban J connectivity index is 1.32. The second-order valence-electron chi connectivity index (χ2n) is 8.79. The molecule has 0 radical (unpaired) electrons. The van der Waals surface area contributed by atoms with Crippen molar-refractivity contribution in [3.05, 3.63) is 101 Å². The van der Waals surface area contributed by atoms with E-state index in [1.54, 1.807) is 6.07 Å². The summed E-state index contributed by atoms with van der Waals surface area (Å²) in [6.07, 6.45) is 0.264.